The van der Waals surface area contributed by atoms with Gasteiger partial charge in [-0.15, -0.1) is 13.2 Å². The van der Waals surface area contributed by atoms with E-state index in [0.717, 1.165) is 22.9 Å². The molecular weight excluding hydrogens is 631 g/mol. The van der Waals surface area contributed by atoms with Crippen LogP contribution < -0.4 is 15.0 Å². The van der Waals surface area contributed by atoms with Gasteiger partial charge in [0.15, 0.2) is 11.0 Å². The van der Waals surface area contributed by atoms with Crippen LogP contribution in [0.5, 0.6) is 5.75 Å². The summed E-state index contributed by atoms with van der Waals surface area (Å²) in [6.45, 7) is 1.80. The van der Waals surface area contributed by atoms with Gasteiger partial charge in [-0.1, -0.05) is 36.0 Å². The Morgan fingerprint density at radius 1 is 1.09 bits per heavy atom. The minimum Gasteiger partial charge on any atom is -0.406 e. The number of hydrogen-bond donors (Lipinski definition) is 1. The van der Waals surface area contributed by atoms with Crippen LogP contribution in [0.25, 0.3) is 5.69 Å². The van der Waals surface area contributed by atoms with Crippen molar-refractivity contribution in [1.82, 2.24) is 14.8 Å². The number of anilines is 2. The maximum atomic E-state index is 13.9. The largest absolute Gasteiger partial charge is 0.573 e. The summed E-state index contributed by atoms with van der Waals surface area (Å²) in [5.74, 6) is -3.93. The number of benzene rings is 3. The van der Waals surface area contributed by atoms with E-state index < -0.39 is 24.2 Å². The number of thioether (sulfide) groups is 1. The number of amides is 3. The second-order valence-corrected chi connectivity index (χ2v) is 11.7. The normalized spacial score (nSPS) is 18.2. The summed E-state index contributed by atoms with van der Waals surface area (Å²) in [6.07, 6.45) is -2.54. The van der Waals surface area contributed by atoms with E-state index in [1.807, 2.05) is 12.1 Å². The van der Waals surface area contributed by atoms with Gasteiger partial charge in [-0.3, -0.25) is 9.69 Å². The number of carbonyl (C=O) groups is 2. The van der Waals surface area contributed by atoms with Crippen LogP contribution in [-0.4, -0.2) is 49.9 Å². The van der Waals surface area contributed by atoms with E-state index in [1.54, 1.807) is 37.3 Å². The molecule has 0 bridgehead atoms. The van der Waals surface area contributed by atoms with Gasteiger partial charge in [0, 0.05) is 18.5 Å². The minimum atomic E-state index is -4.77. The molecule has 0 spiro atoms. The predicted molar refractivity (Wildman–Crippen MR) is 162 cm³/mol. The molecule has 1 aromatic heterocycles. The zero-order valence-corrected chi connectivity index (χ0v) is 24.9. The summed E-state index contributed by atoms with van der Waals surface area (Å²) in [5.41, 5.74) is 3.37. The van der Waals surface area contributed by atoms with E-state index in [-0.39, 0.29) is 29.0 Å². The number of hydrogen-bond acceptors (Lipinski definition) is 6. The molecule has 1 atom stereocenters. The maximum absolute atomic E-state index is 13.9. The average molecular weight is 657 g/mol. The Kier molecular flexibility index (Phi) is 8.27. The molecule has 1 saturated heterocycles. The molecule has 1 N–H and O–H groups in total. The van der Waals surface area contributed by atoms with Gasteiger partial charge in [-0.2, -0.15) is 10.1 Å². The van der Waals surface area contributed by atoms with Gasteiger partial charge in [0.1, 0.15) is 12.1 Å². The number of halogens is 5. The van der Waals surface area contributed by atoms with Gasteiger partial charge in [0.05, 0.1) is 23.0 Å². The second-order valence-electron chi connectivity index (χ2n) is 10.8. The number of aromatic nitrogens is 3. The smallest absolute Gasteiger partial charge is 0.406 e. The second kappa shape index (κ2) is 12.2. The van der Waals surface area contributed by atoms with E-state index in [2.05, 4.69) is 25.1 Å². The third-order valence-corrected chi connectivity index (χ3v) is 8.23. The molecule has 2 aliphatic rings. The number of amidine groups is 1. The standard InChI is InChI=1S/C31H25F5N6O3S/c1-18-2-12-23(24-15-30(24,32)33)25(14-18)42-27(43)16-46-29(42)39-28(44)38-20-6-3-19(4-7-20)5-13-26-37-17-41(40-26)21-8-10-22(11-9-21)45-31(34,35)36/h2-4,6-12,14,17,24H,5,13,15-16H2,1H3,(H,38,44). The zero-order valence-electron chi connectivity index (χ0n) is 24.1. The molecule has 15 heteroatoms. The summed E-state index contributed by atoms with van der Waals surface area (Å²) in [5, 5.41) is 7.16. The first kappa shape index (κ1) is 31.2. The first-order chi connectivity index (χ1) is 21.8. The summed E-state index contributed by atoms with van der Waals surface area (Å²) in [7, 11) is 0. The van der Waals surface area contributed by atoms with Gasteiger partial charge in [-0.05, 0) is 72.5 Å². The molecule has 2 fully saturated rings. The van der Waals surface area contributed by atoms with Crippen LogP contribution in [0.3, 0.4) is 0 Å². The van der Waals surface area contributed by atoms with Crippen molar-refractivity contribution in [1.29, 1.82) is 0 Å². The van der Waals surface area contributed by atoms with Crippen molar-refractivity contribution in [3.63, 3.8) is 0 Å². The van der Waals surface area contributed by atoms with Crippen molar-refractivity contribution in [2.75, 3.05) is 16.0 Å². The highest BCUT2D eigenvalue weighted by Crippen LogP contribution is 2.58. The van der Waals surface area contributed by atoms with Crippen LogP contribution in [0.1, 0.15) is 34.9 Å². The number of nitrogens with one attached hydrogen (secondary N) is 1. The van der Waals surface area contributed by atoms with Crippen LogP contribution in [0.4, 0.5) is 38.1 Å². The van der Waals surface area contributed by atoms with Gasteiger partial charge in [0.25, 0.3) is 5.92 Å². The highest BCUT2D eigenvalue weighted by molar-refractivity contribution is 8.15. The fourth-order valence-electron chi connectivity index (χ4n) is 4.96. The number of urea groups is 1. The molecule has 238 valence electrons. The van der Waals surface area contributed by atoms with E-state index in [1.165, 1.54) is 40.2 Å². The number of alkyl halides is 5. The lowest BCUT2D eigenvalue weighted by Crippen LogP contribution is -2.31. The lowest BCUT2D eigenvalue weighted by atomic mass is 10.0. The number of aliphatic imine (C=N–C) groups is 1. The topological polar surface area (TPSA) is 102 Å². The Balaban J connectivity index is 1.06. The van der Waals surface area contributed by atoms with Crippen LogP contribution in [0.15, 0.2) is 78.0 Å². The molecule has 2 heterocycles. The molecule has 4 aromatic rings. The van der Waals surface area contributed by atoms with Crippen LogP contribution in [-0.2, 0) is 17.6 Å². The highest BCUT2D eigenvalue weighted by atomic mass is 32.2. The molecule has 1 aliphatic heterocycles. The van der Waals surface area contributed by atoms with E-state index in [4.69, 9.17) is 0 Å². The summed E-state index contributed by atoms with van der Waals surface area (Å²) in [6, 6.07) is 16.6. The van der Waals surface area contributed by atoms with Crippen LogP contribution in [0.2, 0.25) is 0 Å². The Morgan fingerprint density at radius 2 is 1.80 bits per heavy atom. The predicted octanol–water partition coefficient (Wildman–Crippen LogP) is 7.05. The molecule has 1 aliphatic carbocycles. The number of ether oxygens (including phenoxy) is 1. The molecule has 46 heavy (non-hydrogen) atoms. The summed E-state index contributed by atoms with van der Waals surface area (Å²) in [4.78, 5) is 35.2. The number of nitrogens with zero attached hydrogens (tertiary/aromatic N) is 5. The number of carbonyl (C=O) groups excluding carboxylic acids is 2. The molecule has 1 saturated carbocycles. The Morgan fingerprint density at radius 3 is 2.48 bits per heavy atom. The van der Waals surface area contributed by atoms with E-state index >= 15 is 0 Å². The first-order valence-corrected chi connectivity index (χ1v) is 15.0. The minimum absolute atomic E-state index is 0.0333. The monoisotopic (exact) mass is 656 g/mol. The fraction of sp³-hybridized carbons (Fsp3) is 0.258. The molecule has 3 aromatic carbocycles. The summed E-state index contributed by atoms with van der Waals surface area (Å²) < 4.78 is 70.3. The van der Waals surface area contributed by atoms with Crippen molar-refractivity contribution in [2.45, 2.75) is 44.4 Å². The van der Waals surface area contributed by atoms with Crippen molar-refractivity contribution >= 4 is 40.2 Å². The maximum Gasteiger partial charge on any atom is 0.573 e. The Bertz CT molecular complexity index is 1810. The van der Waals surface area contributed by atoms with Gasteiger partial charge in [-0.25, -0.2) is 23.2 Å². The third-order valence-electron chi connectivity index (χ3n) is 7.31. The number of rotatable bonds is 8. The Hall–Kier alpha value is -4.79. The van der Waals surface area contributed by atoms with Crippen LogP contribution >= 0.6 is 11.8 Å². The van der Waals surface area contributed by atoms with Crippen molar-refractivity contribution < 1.29 is 36.3 Å². The lowest BCUT2D eigenvalue weighted by Gasteiger charge is -2.20. The molecule has 1 unspecified atom stereocenters. The fourth-order valence-corrected chi connectivity index (χ4v) is 5.82. The van der Waals surface area contributed by atoms with Crippen LogP contribution in [0, 0.1) is 6.92 Å². The molecular formula is C31H25F5N6O3S. The molecule has 6 rings (SSSR count). The molecule has 0 radical (unpaired) electrons. The lowest BCUT2D eigenvalue weighted by molar-refractivity contribution is -0.274. The van der Waals surface area contributed by atoms with E-state index in [9.17, 15) is 31.5 Å². The van der Waals surface area contributed by atoms with Crippen molar-refractivity contribution in [3.8, 4) is 11.4 Å². The SMILES string of the molecule is Cc1ccc(C2CC2(F)F)c(N2C(=O)CSC2=NC(=O)Nc2ccc(CCc3ncn(-c4ccc(OC(F)(F)F)cc4)n3)cc2)c1. The van der Waals surface area contributed by atoms with Gasteiger partial charge in [0.2, 0.25) is 5.91 Å². The van der Waals surface area contributed by atoms with Crippen molar-refractivity contribution in [2.24, 2.45) is 4.99 Å². The average Bonchev–Trinajstić information content (AvgIpc) is 3.29. The zero-order chi connectivity index (χ0) is 32.6. The molecule has 3 amide bonds. The number of aryl methyl sites for hydroxylation is 3. The third kappa shape index (κ3) is 7.19. The Labute approximate surface area is 263 Å². The molecule has 9 nitrogen and oxygen atoms in total. The summed E-state index contributed by atoms with van der Waals surface area (Å²) >= 11 is 1.07. The van der Waals surface area contributed by atoms with Gasteiger partial charge >= 0.3 is 12.4 Å². The van der Waals surface area contributed by atoms with Crippen molar-refractivity contribution in [3.05, 3.63) is 95.6 Å². The highest BCUT2D eigenvalue weighted by Gasteiger charge is 2.58. The van der Waals surface area contributed by atoms with Gasteiger partial charge < -0.3 is 10.1 Å². The first-order valence-electron chi connectivity index (χ1n) is 14.0. The quantitative estimate of drug-likeness (QED) is 0.204. The van der Waals surface area contributed by atoms with E-state index in [0.29, 0.717) is 41.3 Å².